The fourth-order valence-corrected chi connectivity index (χ4v) is 3.83. The summed E-state index contributed by atoms with van der Waals surface area (Å²) in [5.41, 5.74) is 0.932. The summed E-state index contributed by atoms with van der Waals surface area (Å²) in [6.45, 7) is 2.78. The predicted molar refractivity (Wildman–Crippen MR) is 67.1 cm³/mol. The molecule has 1 saturated carbocycles. The van der Waals surface area contributed by atoms with Gasteiger partial charge < -0.3 is 9.84 Å². The lowest BCUT2D eigenvalue weighted by molar-refractivity contribution is 0.0457. The molecule has 0 bridgehead atoms. The fourth-order valence-electron chi connectivity index (χ4n) is 2.52. The molecule has 0 aromatic carbocycles. The molecule has 1 fully saturated rings. The Bertz CT molecular complexity index is 400. The Hall–Kier alpha value is -0.450. The van der Waals surface area contributed by atoms with Crippen molar-refractivity contribution < 1.29 is 9.84 Å². The minimum atomic E-state index is -0.342. The summed E-state index contributed by atoms with van der Waals surface area (Å²) in [7, 11) is 0. The second kappa shape index (κ2) is 4.67. The first-order valence-corrected chi connectivity index (χ1v) is 7.40. The van der Waals surface area contributed by atoms with Gasteiger partial charge in [-0.3, -0.25) is 0 Å². The molecule has 1 aromatic rings. The van der Waals surface area contributed by atoms with Crippen LogP contribution in [0, 0.1) is 5.92 Å². The molecule has 4 heteroatoms. The Morgan fingerprint density at radius 3 is 2.94 bits per heavy atom. The van der Waals surface area contributed by atoms with Crippen molar-refractivity contribution in [1.29, 1.82) is 0 Å². The summed E-state index contributed by atoms with van der Waals surface area (Å²) in [5.74, 6) is 0.666. The number of hydrogen-bond donors (Lipinski definition) is 1. The van der Waals surface area contributed by atoms with Crippen LogP contribution in [0.2, 0.25) is 0 Å². The first kappa shape index (κ1) is 11.6. The zero-order valence-corrected chi connectivity index (χ0v) is 11.0. The van der Waals surface area contributed by atoms with Gasteiger partial charge in [0.05, 0.1) is 11.8 Å². The number of aryl methyl sites for hydroxylation is 1. The van der Waals surface area contributed by atoms with E-state index in [1.807, 2.05) is 6.92 Å². The smallest absolute Gasteiger partial charge is 0.122 e. The van der Waals surface area contributed by atoms with Crippen molar-refractivity contribution in [3.05, 3.63) is 15.6 Å². The molecule has 2 unspecified atom stereocenters. The molecule has 2 atom stereocenters. The van der Waals surface area contributed by atoms with Gasteiger partial charge in [-0.25, -0.2) is 4.98 Å². The van der Waals surface area contributed by atoms with Crippen molar-refractivity contribution in [3.63, 3.8) is 0 Å². The predicted octanol–water partition coefficient (Wildman–Crippen LogP) is 3.00. The fraction of sp³-hybridized carbons (Fsp3) is 0.769. The van der Waals surface area contributed by atoms with Gasteiger partial charge in [-0.1, -0.05) is 0 Å². The van der Waals surface area contributed by atoms with E-state index in [0.717, 1.165) is 36.6 Å². The van der Waals surface area contributed by atoms with Crippen LogP contribution < -0.4 is 0 Å². The second-order valence-corrected chi connectivity index (χ2v) is 6.10. The third-order valence-electron chi connectivity index (χ3n) is 3.58. The van der Waals surface area contributed by atoms with Gasteiger partial charge in [0.15, 0.2) is 0 Å². The summed E-state index contributed by atoms with van der Waals surface area (Å²) in [6, 6.07) is 0. The van der Waals surface area contributed by atoms with Crippen molar-refractivity contribution in [1.82, 2.24) is 4.98 Å². The van der Waals surface area contributed by atoms with E-state index in [-0.39, 0.29) is 12.2 Å². The maximum Gasteiger partial charge on any atom is 0.122 e. The first-order chi connectivity index (χ1) is 8.29. The number of rotatable bonds is 4. The highest BCUT2D eigenvalue weighted by Crippen LogP contribution is 2.46. The number of aliphatic hydroxyl groups excluding tert-OH is 1. The third kappa shape index (κ3) is 2.26. The quantitative estimate of drug-likeness (QED) is 0.897. The van der Waals surface area contributed by atoms with E-state index in [9.17, 15) is 5.11 Å². The lowest BCUT2D eigenvalue weighted by Gasteiger charge is -2.15. The Morgan fingerprint density at radius 2 is 2.29 bits per heavy atom. The van der Waals surface area contributed by atoms with E-state index < -0.39 is 0 Å². The van der Waals surface area contributed by atoms with Gasteiger partial charge in [-0.05, 0) is 44.9 Å². The number of fused-ring (bicyclic) bond motifs is 1. The second-order valence-electron chi connectivity index (χ2n) is 4.98. The average molecular weight is 253 g/mol. The van der Waals surface area contributed by atoms with Gasteiger partial charge in [-0.2, -0.15) is 0 Å². The van der Waals surface area contributed by atoms with E-state index in [4.69, 9.17) is 4.74 Å². The molecule has 2 aliphatic rings. The molecule has 3 nitrogen and oxygen atoms in total. The zero-order chi connectivity index (χ0) is 11.8. The molecule has 94 valence electrons. The lowest BCUT2D eigenvalue weighted by Crippen LogP contribution is -2.09. The summed E-state index contributed by atoms with van der Waals surface area (Å²) in [6.07, 6.45) is 5.38. The number of ether oxygens (including phenoxy) is 1. The lowest BCUT2D eigenvalue weighted by atomic mass is 10.0. The zero-order valence-electron chi connectivity index (χ0n) is 10.2. The summed E-state index contributed by atoms with van der Waals surface area (Å²) in [4.78, 5) is 5.94. The van der Waals surface area contributed by atoms with E-state index in [1.54, 1.807) is 11.3 Å². The maximum atomic E-state index is 9.94. The van der Waals surface area contributed by atoms with Gasteiger partial charge in [0.25, 0.3) is 0 Å². The maximum absolute atomic E-state index is 9.94. The molecular weight excluding hydrogens is 234 g/mol. The number of aliphatic hydroxyl groups is 1. The Morgan fingerprint density at radius 1 is 1.47 bits per heavy atom. The van der Waals surface area contributed by atoms with Crippen LogP contribution in [0.1, 0.15) is 60.4 Å². The third-order valence-corrected chi connectivity index (χ3v) is 4.77. The van der Waals surface area contributed by atoms with E-state index in [1.165, 1.54) is 17.7 Å². The topological polar surface area (TPSA) is 42.4 Å². The van der Waals surface area contributed by atoms with Crippen LogP contribution in [0.15, 0.2) is 0 Å². The molecule has 0 radical (unpaired) electrons. The Labute approximate surface area is 106 Å². The van der Waals surface area contributed by atoms with Crippen LogP contribution in [0.3, 0.4) is 0 Å². The van der Waals surface area contributed by atoms with Gasteiger partial charge in [0, 0.05) is 11.5 Å². The van der Waals surface area contributed by atoms with Crippen LogP contribution in [-0.2, 0) is 11.2 Å². The Balaban J connectivity index is 1.86. The van der Waals surface area contributed by atoms with Crippen molar-refractivity contribution in [2.75, 3.05) is 6.61 Å². The highest BCUT2D eigenvalue weighted by atomic mass is 32.1. The molecule has 0 spiro atoms. The molecule has 1 aromatic heterocycles. The molecule has 0 amide bonds. The molecule has 1 heterocycles. The van der Waals surface area contributed by atoms with Crippen LogP contribution >= 0.6 is 11.3 Å². The number of aromatic nitrogens is 1. The normalized spacial score (nSPS) is 25.6. The molecule has 0 aliphatic heterocycles. The average Bonchev–Trinajstić information content (AvgIpc) is 3.05. The summed E-state index contributed by atoms with van der Waals surface area (Å²) >= 11 is 1.76. The summed E-state index contributed by atoms with van der Waals surface area (Å²) in [5, 5.41) is 11.0. The first-order valence-electron chi connectivity index (χ1n) is 6.58. The Kier molecular flexibility index (Phi) is 3.19. The van der Waals surface area contributed by atoms with Gasteiger partial charge in [0.1, 0.15) is 11.1 Å². The standard InChI is InChI=1S/C13H19NO2S/c1-2-16-12(8-6-7-8)13-14-11-9(15)4-3-5-10(11)17-13/h8-9,12,15H,2-7H2,1H3. The van der Waals surface area contributed by atoms with E-state index >= 15 is 0 Å². The molecule has 3 rings (SSSR count). The van der Waals surface area contributed by atoms with Crippen LogP contribution in [0.5, 0.6) is 0 Å². The molecular formula is C13H19NO2S. The van der Waals surface area contributed by atoms with Crippen molar-refractivity contribution in [2.45, 2.75) is 51.2 Å². The van der Waals surface area contributed by atoms with E-state index in [0.29, 0.717) is 5.92 Å². The largest absolute Gasteiger partial charge is 0.387 e. The minimum Gasteiger partial charge on any atom is -0.387 e. The van der Waals surface area contributed by atoms with Crippen LogP contribution in [0.4, 0.5) is 0 Å². The van der Waals surface area contributed by atoms with Crippen molar-refractivity contribution in [2.24, 2.45) is 5.92 Å². The molecule has 1 N–H and O–H groups in total. The number of thiazole rings is 1. The highest BCUT2D eigenvalue weighted by Gasteiger charge is 2.36. The monoisotopic (exact) mass is 253 g/mol. The van der Waals surface area contributed by atoms with Crippen molar-refractivity contribution in [3.8, 4) is 0 Å². The van der Waals surface area contributed by atoms with Crippen molar-refractivity contribution >= 4 is 11.3 Å². The minimum absolute atomic E-state index is 0.183. The van der Waals surface area contributed by atoms with Crippen LogP contribution in [0.25, 0.3) is 0 Å². The highest BCUT2D eigenvalue weighted by molar-refractivity contribution is 7.11. The van der Waals surface area contributed by atoms with E-state index in [2.05, 4.69) is 4.98 Å². The number of nitrogens with zero attached hydrogens (tertiary/aromatic N) is 1. The van der Waals surface area contributed by atoms with Gasteiger partial charge in [0.2, 0.25) is 0 Å². The summed E-state index contributed by atoms with van der Waals surface area (Å²) < 4.78 is 5.83. The molecule has 17 heavy (non-hydrogen) atoms. The molecule has 2 aliphatic carbocycles. The van der Waals surface area contributed by atoms with Gasteiger partial charge >= 0.3 is 0 Å². The van der Waals surface area contributed by atoms with Gasteiger partial charge in [-0.15, -0.1) is 11.3 Å². The number of hydrogen-bond acceptors (Lipinski definition) is 4. The molecule has 0 saturated heterocycles. The SMILES string of the molecule is CCOC(c1nc2c(s1)CCCC2O)C1CC1. The van der Waals surface area contributed by atoms with Crippen LogP contribution in [-0.4, -0.2) is 16.7 Å².